The highest BCUT2D eigenvalue weighted by Gasteiger charge is 2.27. The van der Waals surface area contributed by atoms with Crippen LogP contribution in [0.2, 0.25) is 0 Å². The van der Waals surface area contributed by atoms with Gasteiger partial charge >= 0.3 is 0 Å². The number of nitriles is 1. The van der Waals surface area contributed by atoms with E-state index in [1.807, 2.05) is 6.07 Å². The smallest absolute Gasteiger partial charge is 0.141 e. The van der Waals surface area contributed by atoms with Crippen LogP contribution in [0.25, 0.3) is 0 Å². The standard InChI is InChI=1S/C11H13N3/c1-2-10-9(7-3-4-7)5-8(6-12)11(13)14-10/h5,7H,2-4H2,1H3,(H2,13,14). The van der Waals surface area contributed by atoms with Crippen molar-refractivity contribution in [2.24, 2.45) is 0 Å². The summed E-state index contributed by atoms with van der Waals surface area (Å²) >= 11 is 0. The van der Waals surface area contributed by atoms with E-state index in [1.165, 1.54) is 18.4 Å². The second-order valence-electron chi connectivity index (χ2n) is 3.70. The molecule has 3 heteroatoms. The van der Waals surface area contributed by atoms with Gasteiger partial charge in [-0.2, -0.15) is 5.26 Å². The van der Waals surface area contributed by atoms with E-state index < -0.39 is 0 Å². The zero-order valence-corrected chi connectivity index (χ0v) is 8.25. The van der Waals surface area contributed by atoms with Crippen molar-refractivity contribution in [2.75, 3.05) is 5.73 Å². The molecule has 72 valence electrons. The predicted octanol–water partition coefficient (Wildman–Crippen LogP) is 1.98. The van der Waals surface area contributed by atoms with Crippen LogP contribution in [0.5, 0.6) is 0 Å². The zero-order valence-electron chi connectivity index (χ0n) is 8.25. The Bertz CT molecular complexity index is 400. The summed E-state index contributed by atoms with van der Waals surface area (Å²) in [7, 11) is 0. The summed E-state index contributed by atoms with van der Waals surface area (Å²) < 4.78 is 0. The summed E-state index contributed by atoms with van der Waals surface area (Å²) in [6, 6.07) is 4.00. The molecule has 2 N–H and O–H groups in total. The van der Waals surface area contributed by atoms with Crippen molar-refractivity contribution >= 4 is 5.82 Å². The van der Waals surface area contributed by atoms with Crippen LogP contribution in [0.15, 0.2) is 6.07 Å². The Kier molecular flexibility index (Phi) is 2.12. The Balaban J connectivity index is 2.51. The van der Waals surface area contributed by atoms with E-state index in [9.17, 15) is 0 Å². The Hall–Kier alpha value is -1.56. The number of hydrogen-bond acceptors (Lipinski definition) is 3. The molecule has 0 amide bonds. The minimum Gasteiger partial charge on any atom is -0.383 e. The van der Waals surface area contributed by atoms with Crippen molar-refractivity contribution in [3.05, 3.63) is 22.9 Å². The van der Waals surface area contributed by atoms with Gasteiger partial charge in [0.15, 0.2) is 0 Å². The Morgan fingerprint density at radius 1 is 1.64 bits per heavy atom. The third kappa shape index (κ3) is 1.44. The number of hydrogen-bond donors (Lipinski definition) is 1. The SMILES string of the molecule is CCc1nc(N)c(C#N)cc1C1CC1. The van der Waals surface area contributed by atoms with E-state index in [0.29, 0.717) is 17.3 Å². The normalized spacial score (nSPS) is 15.1. The van der Waals surface area contributed by atoms with Gasteiger partial charge in [-0.25, -0.2) is 4.98 Å². The first-order valence-electron chi connectivity index (χ1n) is 4.95. The largest absolute Gasteiger partial charge is 0.383 e. The van der Waals surface area contributed by atoms with Gasteiger partial charge in [-0.15, -0.1) is 0 Å². The molecule has 1 fully saturated rings. The van der Waals surface area contributed by atoms with Crippen molar-refractivity contribution < 1.29 is 0 Å². The minimum absolute atomic E-state index is 0.369. The molecule has 1 aliphatic rings. The van der Waals surface area contributed by atoms with Gasteiger partial charge in [-0.3, -0.25) is 0 Å². The highest BCUT2D eigenvalue weighted by molar-refractivity contribution is 5.52. The van der Waals surface area contributed by atoms with Gasteiger partial charge in [0.05, 0.1) is 5.56 Å². The van der Waals surface area contributed by atoms with Gasteiger partial charge in [-0.05, 0) is 36.8 Å². The molecule has 1 heterocycles. The fourth-order valence-corrected chi connectivity index (χ4v) is 1.70. The molecule has 14 heavy (non-hydrogen) atoms. The van der Waals surface area contributed by atoms with Gasteiger partial charge in [0.25, 0.3) is 0 Å². The third-order valence-electron chi connectivity index (χ3n) is 2.64. The van der Waals surface area contributed by atoms with E-state index in [0.717, 1.165) is 12.1 Å². The highest BCUT2D eigenvalue weighted by atomic mass is 14.8. The van der Waals surface area contributed by atoms with E-state index in [4.69, 9.17) is 11.0 Å². The molecule has 0 aromatic carbocycles. The number of aryl methyl sites for hydroxylation is 1. The van der Waals surface area contributed by atoms with Crippen LogP contribution in [0.1, 0.15) is 42.5 Å². The number of anilines is 1. The van der Waals surface area contributed by atoms with Crippen molar-refractivity contribution in [3.8, 4) is 6.07 Å². The maximum atomic E-state index is 8.84. The molecule has 2 rings (SSSR count). The molecule has 0 radical (unpaired) electrons. The summed E-state index contributed by atoms with van der Waals surface area (Å²) in [4.78, 5) is 4.28. The molecular weight excluding hydrogens is 174 g/mol. The lowest BCUT2D eigenvalue weighted by Gasteiger charge is -2.07. The van der Waals surface area contributed by atoms with Crippen LogP contribution in [0.3, 0.4) is 0 Å². The van der Waals surface area contributed by atoms with Gasteiger partial charge in [0.2, 0.25) is 0 Å². The van der Waals surface area contributed by atoms with Gasteiger partial charge in [0.1, 0.15) is 11.9 Å². The summed E-state index contributed by atoms with van der Waals surface area (Å²) in [6.07, 6.45) is 3.34. The lowest BCUT2D eigenvalue weighted by Crippen LogP contribution is -2.02. The monoisotopic (exact) mass is 187 g/mol. The molecule has 0 saturated heterocycles. The van der Waals surface area contributed by atoms with Gasteiger partial charge in [-0.1, -0.05) is 6.92 Å². The van der Waals surface area contributed by atoms with Crippen molar-refractivity contribution in [1.29, 1.82) is 5.26 Å². The maximum absolute atomic E-state index is 8.84. The highest BCUT2D eigenvalue weighted by Crippen LogP contribution is 2.42. The molecule has 1 aliphatic carbocycles. The Morgan fingerprint density at radius 3 is 2.86 bits per heavy atom. The molecule has 1 aromatic rings. The number of pyridine rings is 1. The molecule has 1 aromatic heterocycles. The van der Waals surface area contributed by atoms with Crippen LogP contribution < -0.4 is 5.73 Å². The van der Waals surface area contributed by atoms with Crippen LogP contribution in [0.4, 0.5) is 5.82 Å². The number of aromatic nitrogens is 1. The van der Waals surface area contributed by atoms with E-state index >= 15 is 0 Å². The first kappa shape index (κ1) is 9.01. The summed E-state index contributed by atoms with van der Waals surface area (Å²) in [5.74, 6) is 0.999. The van der Waals surface area contributed by atoms with Crippen molar-refractivity contribution in [3.63, 3.8) is 0 Å². The first-order chi connectivity index (χ1) is 6.76. The second kappa shape index (κ2) is 3.30. The Labute approximate surface area is 83.6 Å². The van der Waals surface area contributed by atoms with Gasteiger partial charge < -0.3 is 5.73 Å². The number of rotatable bonds is 2. The molecule has 0 bridgehead atoms. The summed E-state index contributed by atoms with van der Waals surface area (Å²) in [5, 5.41) is 8.84. The van der Waals surface area contributed by atoms with Crippen molar-refractivity contribution in [1.82, 2.24) is 4.98 Å². The average molecular weight is 187 g/mol. The predicted molar refractivity (Wildman–Crippen MR) is 54.7 cm³/mol. The fourth-order valence-electron chi connectivity index (χ4n) is 1.70. The van der Waals surface area contributed by atoms with E-state index in [-0.39, 0.29) is 0 Å². The number of nitrogens with two attached hydrogens (primary N) is 1. The topological polar surface area (TPSA) is 62.7 Å². The molecule has 3 nitrogen and oxygen atoms in total. The number of nitrogen functional groups attached to an aromatic ring is 1. The molecule has 1 saturated carbocycles. The fraction of sp³-hybridized carbons (Fsp3) is 0.455. The average Bonchev–Trinajstić information content (AvgIpc) is 3.01. The molecular formula is C11H13N3. The van der Waals surface area contributed by atoms with Crippen molar-refractivity contribution in [2.45, 2.75) is 32.1 Å². The second-order valence-corrected chi connectivity index (χ2v) is 3.70. The first-order valence-corrected chi connectivity index (χ1v) is 4.95. The summed E-state index contributed by atoms with van der Waals surface area (Å²) in [5.41, 5.74) is 8.47. The maximum Gasteiger partial charge on any atom is 0.141 e. The van der Waals surface area contributed by atoms with Gasteiger partial charge in [0, 0.05) is 5.69 Å². The third-order valence-corrected chi connectivity index (χ3v) is 2.64. The number of nitrogens with zero attached hydrogens (tertiary/aromatic N) is 2. The molecule has 0 aliphatic heterocycles. The van der Waals surface area contributed by atoms with Crippen LogP contribution in [-0.2, 0) is 6.42 Å². The minimum atomic E-state index is 0.369. The van der Waals surface area contributed by atoms with E-state index in [2.05, 4.69) is 18.0 Å². The molecule has 0 spiro atoms. The van der Waals surface area contributed by atoms with Crippen LogP contribution in [0, 0.1) is 11.3 Å². The molecule has 0 atom stereocenters. The van der Waals surface area contributed by atoms with Crippen LogP contribution in [-0.4, -0.2) is 4.98 Å². The lowest BCUT2D eigenvalue weighted by molar-refractivity contribution is 0.959. The molecule has 0 unspecified atom stereocenters. The Morgan fingerprint density at radius 2 is 2.36 bits per heavy atom. The zero-order chi connectivity index (χ0) is 10.1. The summed E-state index contributed by atoms with van der Waals surface area (Å²) in [6.45, 7) is 2.07. The quantitative estimate of drug-likeness (QED) is 0.770. The lowest BCUT2D eigenvalue weighted by atomic mass is 10.0. The van der Waals surface area contributed by atoms with E-state index in [1.54, 1.807) is 0 Å². The van der Waals surface area contributed by atoms with Crippen LogP contribution >= 0.6 is 0 Å².